The van der Waals surface area contributed by atoms with Gasteiger partial charge in [0.1, 0.15) is 0 Å². The largest absolute Gasteiger partial charge is 0.395 e. The molecule has 20 heavy (non-hydrogen) atoms. The number of rotatable bonds is 6. The first-order valence-electron chi connectivity index (χ1n) is 7.04. The molecule has 0 amide bonds. The van der Waals surface area contributed by atoms with E-state index >= 15 is 0 Å². The first kappa shape index (κ1) is 14.7. The van der Waals surface area contributed by atoms with Crippen LogP contribution in [-0.4, -0.2) is 22.7 Å². The Morgan fingerprint density at radius 2 is 1.60 bits per heavy atom. The zero-order chi connectivity index (χ0) is 14.4. The van der Waals surface area contributed by atoms with Gasteiger partial charge >= 0.3 is 0 Å². The molecule has 0 saturated heterocycles. The molecule has 2 aromatic rings. The van der Waals surface area contributed by atoms with Gasteiger partial charge in [-0.15, -0.1) is 0 Å². The average Bonchev–Trinajstić information content (AvgIpc) is 2.50. The smallest absolute Gasteiger partial charge is 0.0587 e. The Bertz CT molecular complexity index is 459. The maximum atomic E-state index is 9.56. The van der Waals surface area contributed by atoms with E-state index < -0.39 is 0 Å². The molecule has 1 aromatic heterocycles. The Hall–Kier alpha value is -1.71. The van der Waals surface area contributed by atoms with Gasteiger partial charge in [0, 0.05) is 18.4 Å². The Balaban J connectivity index is 2.30. The van der Waals surface area contributed by atoms with Crippen molar-refractivity contribution in [1.82, 2.24) is 10.3 Å². The highest BCUT2D eigenvalue weighted by Gasteiger charge is 2.20. The fraction of sp³-hybridized carbons (Fsp3) is 0.353. The quantitative estimate of drug-likeness (QED) is 0.848. The number of benzene rings is 1. The molecule has 106 valence electrons. The second-order valence-corrected chi connectivity index (χ2v) is 5.32. The number of hydrogen-bond acceptors (Lipinski definition) is 3. The SMILES string of the molecule is CC(C)C(CO)NC(c1ccccc1)c1ccncc1. The maximum absolute atomic E-state index is 9.56. The van der Waals surface area contributed by atoms with E-state index in [4.69, 9.17) is 0 Å². The van der Waals surface area contributed by atoms with Crippen LogP contribution >= 0.6 is 0 Å². The first-order chi connectivity index (χ1) is 9.72. The van der Waals surface area contributed by atoms with E-state index in [1.165, 1.54) is 5.56 Å². The van der Waals surface area contributed by atoms with Gasteiger partial charge in [0.15, 0.2) is 0 Å². The van der Waals surface area contributed by atoms with Crippen LogP contribution in [0.4, 0.5) is 0 Å². The standard InChI is InChI=1S/C17H22N2O/c1-13(2)16(12-20)19-17(14-6-4-3-5-7-14)15-8-10-18-11-9-15/h3-11,13,16-17,19-20H,12H2,1-2H3. The third-order valence-corrected chi connectivity index (χ3v) is 3.55. The summed E-state index contributed by atoms with van der Waals surface area (Å²) in [5.41, 5.74) is 2.35. The van der Waals surface area contributed by atoms with Crippen molar-refractivity contribution in [2.24, 2.45) is 5.92 Å². The Kier molecular flexibility index (Phi) is 5.27. The molecule has 1 heterocycles. The molecule has 0 bridgehead atoms. The lowest BCUT2D eigenvalue weighted by molar-refractivity contribution is 0.204. The van der Waals surface area contributed by atoms with Gasteiger partial charge in [0.25, 0.3) is 0 Å². The van der Waals surface area contributed by atoms with Crippen LogP contribution in [0.2, 0.25) is 0 Å². The molecule has 0 saturated carbocycles. The maximum Gasteiger partial charge on any atom is 0.0587 e. The van der Waals surface area contributed by atoms with Crippen molar-refractivity contribution in [3.8, 4) is 0 Å². The van der Waals surface area contributed by atoms with Gasteiger partial charge in [0.2, 0.25) is 0 Å². The summed E-state index contributed by atoms with van der Waals surface area (Å²) in [6.07, 6.45) is 3.60. The van der Waals surface area contributed by atoms with Crippen LogP contribution in [0.5, 0.6) is 0 Å². The highest BCUT2D eigenvalue weighted by Crippen LogP contribution is 2.23. The van der Waals surface area contributed by atoms with Gasteiger partial charge in [-0.05, 0) is 29.2 Å². The molecule has 3 nitrogen and oxygen atoms in total. The fourth-order valence-corrected chi connectivity index (χ4v) is 2.26. The van der Waals surface area contributed by atoms with Gasteiger partial charge in [-0.3, -0.25) is 4.98 Å². The monoisotopic (exact) mass is 270 g/mol. The van der Waals surface area contributed by atoms with E-state index in [0.29, 0.717) is 5.92 Å². The molecular formula is C17H22N2O. The first-order valence-corrected chi connectivity index (χ1v) is 7.04. The molecule has 0 spiro atoms. The third kappa shape index (κ3) is 3.65. The second-order valence-electron chi connectivity index (χ2n) is 5.32. The highest BCUT2D eigenvalue weighted by molar-refractivity contribution is 5.30. The Morgan fingerprint density at radius 1 is 1.00 bits per heavy atom. The van der Waals surface area contributed by atoms with Crippen molar-refractivity contribution in [3.63, 3.8) is 0 Å². The van der Waals surface area contributed by atoms with Crippen molar-refractivity contribution in [3.05, 3.63) is 66.0 Å². The van der Waals surface area contributed by atoms with Gasteiger partial charge in [-0.25, -0.2) is 0 Å². The molecule has 2 N–H and O–H groups in total. The van der Waals surface area contributed by atoms with E-state index in [-0.39, 0.29) is 18.7 Å². The molecule has 0 fully saturated rings. The van der Waals surface area contributed by atoms with E-state index in [1.54, 1.807) is 12.4 Å². The number of aliphatic hydroxyl groups excluding tert-OH is 1. The minimum Gasteiger partial charge on any atom is -0.395 e. The van der Waals surface area contributed by atoms with Crippen molar-refractivity contribution in [1.29, 1.82) is 0 Å². The normalized spacial score (nSPS) is 14.2. The summed E-state index contributed by atoms with van der Waals surface area (Å²) >= 11 is 0. The van der Waals surface area contributed by atoms with Crippen LogP contribution in [0.25, 0.3) is 0 Å². The summed E-state index contributed by atoms with van der Waals surface area (Å²) in [4.78, 5) is 4.08. The molecular weight excluding hydrogens is 248 g/mol. The molecule has 0 aliphatic rings. The van der Waals surface area contributed by atoms with Gasteiger partial charge < -0.3 is 10.4 Å². The summed E-state index contributed by atoms with van der Waals surface area (Å²) in [6.45, 7) is 4.36. The number of aliphatic hydroxyl groups is 1. The van der Waals surface area contributed by atoms with Crippen LogP contribution in [0.15, 0.2) is 54.9 Å². The predicted molar refractivity (Wildman–Crippen MR) is 81.4 cm³/mol. The lowest BCUT2D eigenvalue weighted by Crippen LogP contribution is -2.40. The lowest BCUT2D eigenvalue weighted by atomic mass is 9.96. The third-order valence-electron chi connectivity index (χ3n) is 3.55. The molecule has 0 aliphatic heterocycles. The van der Waals surface area contributed by atoms with Gasteiger partial charge in [-0.2, -0.15) is 0 Å². The predicted octanol–water partition coefficient (Wildman–Crippen LogP) is 2.78. The van der Waals surface area contributed by atoms with E-state index in [9.17, 15) is 5.11 Å². The summed E-state index contributed by atoms with van der Waals surface area (Å²) in [5, 5.41) is 13.1. The Morgan fingerprint density at radius 3 is 2.15 bits per heavy atom. The molecule has 0 aliphatic carbocycles. The van der Waals surface area contributed by atoms with Gasteiger partial charge in [0.05, 0.1) is 12.6 Å². The molecule has 2 atom stereocenters. The van der Waals surface area contributed by atoms with E-state index in [0.717, 1.165) is 5.56 Å². The Labute approximate surface area is 120 Å². The van der Waals surface area contributed by atoms with E-state index in [1.807, 2.05) is 30.3 Å². The molecule has 2 rings (SSSR count). The van der Waals surface area contributed by atoms with Crippen molar-refractivity contribution >= 4 is 0 Å². The average molecular weight is 270 g/mol. The van der Waals surface area contributed by atoms with Crippen molar-refractivity contribution in [2.75, 3.05) is 6.61 Å². The van der Waals surface area contributed by atoms with Crippen LogP contribution in [0.3, 0.4) is 0 Å². The van der Waals surface area contributed by atoms with E-state index in [2.05, 4.69) is 36.3 Å². The molecule has 3 heteroatoms. The molecule has 1 aromatic carbocycles. The number of nitrogens with one attached hydrogen (secondary N) is 1. The molecule has 2 unspecified atom stereocenters. The zero-order valence-electron chi connectivity index (χ0n) is 12.0. The minimum atomic E-state index is 0.0633. The van der Waals surface area contributed by atoms with Crippen LogP contribution in [0, 0.1) is 5.92 Å². The summed E-state index contributed by atoms with van der Waals surface area (Å²) in [5.74, 6) is 0.369. The minimum absolute atomic E-state index is 0.0633. The topological polar surface area (TPSA) is 45.1 Å². The van der Waals surface area contributed by atoms with Crippen LogP contribution < -0.4 is 5.32 Å². The number of aromatic nitrogens is 1. The zero-order valence-corrected chi connectivity index (χ0v) is 12.0. The fourth-order valence-electron chi connectivity index (χ4n) is 2.26. The highest BCUT2D eigenvalue weighted by atomic mass is 16.3. The van der Waals surface area contributed by atoms with Crippen molar-refractivity contribution < 1.29 is 5.11 Å². The van der Waals surface area contributed by atoms with Crippen LogP contribution in [-0.2, 0) is 0 Å². The van der Waals surface area contributed by atoms with Crippen LogP contribution in [0.1, 0.15) is 31.0 Å². The second kappa shape index (κ2) is 7.17. The number of hydrogen-bond donors (Lipinski definition) is 2. The molecule has 0 radical (unpaired) electrons. The summed E-state index contributed by atoms with van der Waals surface area (Å²) < 4.78 is 0. The van der Waals surface area contributed by atoms with Gasteiger partial charge in [-0.1, -0.05) is 44.2 Å². The summed E-state index contributed by atoms with van der Waals surface area (Å²) in [6, 6.07) is 14.5. The summed E-state index contributed by atoms with van der Waals surface area (Å²) in [7, 11) is 0. The lowest BCUT2D eigenvalue weighted by Gasteiger charge is -2.27. The van der Waals surface area contributed by atoms with Crippen molar-refractivity contribution in [2.45, 2.75) is 25.9 Å². The number of pyridine rings is 1. The number of nitrogens with zero attached hydrogens (tertiary/aromatic N) is 1.